The van der Waals surface area contributed by atoms with Crippen molar-refractivity contribution in [2.75, 3.05) is 5.73 Å². The number of phenolic OH excluding ortho intramolecular Hbond substituents is 1. The van der Waals surface area contributed by atoms with Crippen molar-refractivity contribution in [2.24, 2.45) is 10.2 Å². The maximum Gasteiger partial charge on any atom is 1.00 e. The van der Waals surface area contributed by atoms with Crippen LogP contribution in [-0.4, -0.2) is 44.0 Å². The first-order chi connectivity index (χ1) is 16.6. The van der Waals surface area contributed by atoms with Gasteiger partial charge in [0, 0.05) is 10.8 Å². The van der Waals surface area contributed by atoms with E-state index >= 15 is 0 Å². The molecule has 13 nitrogen and oxygen atoms in total. The molecule has 0 aromatic heterocycles. The minimum atomic E-state index is -5.35. The van der Waals surface area contributed by atoms with Crippen molar-refractivity contribution in [3.8, 4) is 5.75 Å². The molecule has 19 heteroatoms. The number of phenols is 1. The Morgan fingerprint density at radius 2 is 1.26 bits per heavy atom. The summed E-state index contributed by atoms with van der Waals surface area (Å²) in [6.07, 6.45) is 0. The fraction of sp³-hybridized carbons (Fsp3) is 0. The van der Waals surface area contributed by atoms with E-state index in [1.807, 2.05) is 0 Å². The summed E-state index contributed by atoms with van der Waals surface area (Å²) in [5.74, 6) is -0.882. The quantitative estimate of drug-likeness (QED) is 0.0987. The molecule has 0 aliphatic heterocycles. The van der Waals surface area contributed by atoms with Crippen LogP contribution in [0, 0.1) is 0 Å². The number of aromatic hydroxyl groups is 1. The van der Waals surface area contributed by atoms with E-state index in [9.17, 15) is 44.0 Å². The van der Waals surface area contributed by atoms with Crippen LogP contribution in [0.15, 0.2) is 79.5 Å². The number of nitrogens with two attached hydrogens (primary N) is 1. The van der Waals surface area contributed by atoms with E-state index in [0.717, 1.165) is 24.3 Å². The van der Waals surface area contributed by atoms with Crippen LogP contribution in [0.1, 0.15) is 0 Å². The second kappa shape index (κ2) is 12.3. The largest absolute Gasteiger partial charge is 1.00 e. The first-order valence-electron chi connectivity index (χ1n) is 9.49. The van der Waals surface area contributed by atoms with Crippen molar-refractivity contribution in [1.82, 2.24) is 0 Å². The van der Waals surface area contributed by atoms with Gasteiger partial charge in [-0.15, -0.1) is 10.2 Å². The third kappa shape index (κ3) is 7.07. The van der Waals surface area contributed by atoms with Crippen LogP contribution in [0.4, 0.5) is 17.1 Å². The van der Waals surface area contributed by atoms with Gasteiger partial charge in [-0.2, -0.15) is 0 Å². The molecule has 0 unspecified atom stereocenters. The van der Waals surface area contributed by atoms with Crippen molar-refractivity contribution in [3.63, 3.8) is 0 Å². The number of benzene rings is 4. The van der Waals surface area contributed by atoms with E-state index in [1.54, 1.807) is 12.1 Å². The van der Waals surface area contributed by atoms with E-state index in [0.29, 0.717) is 11.5 Å². The Kier molecular flexibility index (Phi) is 11.1. The summed E-state index contributed by atoms with van der Waals surface area (Å²) in [5, 5.41) is 18.1. The average Bonchev–Trinajstić information content (AvgIpc) is 2.76. The number of azo groups is 1. The predicted molar refractivity (Wildman–Crippen MR) is 122 cm³/mol. The molecule has 4 aromatic rings. The maximum absolute atomic E-state index is 11.7. The summed E-state index contributed by atoms with van der Waals surface area (Å²) in [6, 6.07) is 10.5. The summed E-state index contributed by atoms with van der Waals surface area (Å²) in [7, 11) is -15.4. The van der Waals surface area contributed by atoms with Crippen LogP contribution < -0.4 is 62.3 Å². The summed E-state index contributed by atoms with van der Waals surface area (Å²) in [6.45, 7) is 0. The van der Waals surface area contributed by atoms with Gasteiger partial charge in [0.25, 0.3) is 0 Å². The molecule has 4 rings (SSSR count). The molecule has 188 valence electrons. The minimum absolute atomic E-state index is 0. The molecular formula is C20H12Li3N3O10S3. The van der Waals surface area contributed by atoms with Gasteiger partial charge >= 0.3 is 56.6 Å². The minimum Gasteiger partial charge on any atom is -0.744 e. The standard InChI is InChI=1S/C20H15N3O10S3.3Li/c21-19-17(36(31,32)33)9-16(35(28,29)30)12-6-7-15(20(24)18(12)19)23-22-14-3-1-2-10-4-5-11(8-13(10)14)34(25,26)27;;;/h1-9,24H,21H2,(H,25,26,27)(H,28,29,30)(H,31,32,33);;;/q;3*+1/p-3. The fourth-order valence-corrected chi connectivity index (χ4v) is 5.44. The molecular weight excluding hydrogens is 559 g/mol. The van der Waals surface area contributed by atoms with E-state index in [4.69, 9.17) is 5.73 Å². The summed E-state index contributed by atoms with van der Waals surface area (Å²) >= 11 is 0. The average molecular weight is 571 g/mol. The van der Waals surface area contributed by atoms with Gasteiger partial charge in [-0.25, -0.2) is 25.3 Å². The predicted octanol–water partition coefficient (Wildman–Crippen LogP) is -6.58. The van der Waals surface area contributed by atoms with Crippen molar-refractivity contribution < 1.29 is 101 Å². The molecule has 0 radical (unpaired) electrons. The van der Waals surface area contributed by atoms with Gasteiger partial charge in [-0.3, -0.25) is 0 Å². The van der Waals surface area contributed by atoms with Crippen LogP contribution in [-0.2, 0) is 30.4 Å². The number of hydrogen-bond acceptors (Lipinski definition) is 13. The Morgan fingerprint density at radius 3 is 1.82 bits per heavy atom. The second-order valence-electron chi connectivity index (χ2n) is 7.36. The van der Waals surface area contributed by atoms with Crippen molar-refractivity contribution in [3.05, 3.63) is 54.6 Å². The molecule has 0 saturated carbocycles. The molecule has 0 aliphatic carbocycles. The van der Waals surface area contributed by atoms with E-state index in [1.165, 1.54) is 12.1 Å². The second-order valence-corrected chi connectivity index (χ2v) is 11.4. The van der Waals surface area contributed by atoms with Crippen LogP contribution in [0.2, 0.25) is 0 Å². The number of rotatable bonds is 5. The molecule has 39 heavy (non-hydrogen) atoms. The Balaban J connectivity index is 0.00000253. The Labute approximate surface area is 258 Å². The zero-order valence-corrected chi connectivity index (χ0v) is 23.0. The van der Waals surface area contributed by atoms with Crippen LogP contribution >= 0.6 is 0 Å². The van der Waals surface area contributed by atoms with E-state index in [2.05, 4.69) is 10.2 Å². The SMILES string of the molecule is Nc1c(S(=O)(=O)[O-])cc(S(=O)(=O)[O-])c2ccc(N=Nc3cccc4ccc(S(=O)(=O)[O-])cc34)c(O)c12.[Li+].[Li+].[Li+]. The number of nitrogen functional groups attached to an aromatic ring is 1. The Bertz CT molecular complexity index is 1950. The van der Waals surface area contributed by atoms with Crippen molar-refractivity contribution in [2.45, 2.75) is 14.7 Å². The summed E-state index contributed by atoms with van der Waals surface area (Å²) in [4.78, 5) is -2.84. The number of fused-ring (bicyclic) bond motifs is 2. The summed E-state index contributed by atoms with van der Waals surface area (Å²) in [5.41, 5.74) is 4.63. The molecule has 4 aromatic carbocycles. The van der Waals surface area contributed by atoms with E-state index < -0.39 is 67.3 Å². The third-order valence-electron chi connectivity index (χ3n) is 5.14. The van der Waals surface area contributed by atoms with E-state index in [-0.39, 0.29) is 73.3 Å². The zero-order chi connectivity index (χ0) is 26.6. The number of anilines is 1. The molecule has 0 heterocycles. The Morgan fingerprint density at radius 1 is 0.667 bits per heavy atom. The van der Waals surface area contributed by atoms with Gasteiger partial charge in [0.1, 0.15) is 36.0 Å². The van der Waals surface area contributed by atoms with Gasteiger partial charge in [-0.05, 0) is 35.7 Å². The van der Waals surface area contributed by atoms with Gasteiger partial charge < -0.3 is 24.5 Å². The molecule has 0 spiro atoms. The van der Waals surface area contributed by atoms with Gasteiger partial charge in [0.05, 0.1) is 31.4 Å². The Hall–Kier alpha value is -1.88. The molecule has 0 saturated heterocycles. The molecule has 0 fully saturated rings. The fourth-order valence-electron chi connectivity index (χ4n) is 3.54. The first kappa shape index (κ1) is 35.1. The van der Waals surface area contributed by atoms with Gasteiger partial charge in [0.15, 0.2) is 5.75 Å². The maximum atomic E-state index is 11.7. The monoisotopic (exact) mass is 571 g/mol. The number of nitrogens with zero attached hydrogens (tertiary/aromatic N) is 2. The molecule has 0 aliphatic rings. The van der Waals surface area contributed by atoms with Crippen LogP contribution in [0.3, 0.4) is 0 Å². The van der Waals surface area contributed by atoms with Crippen LogP contribution in [0.5, 0.6) is 5.75 Å². The van der Waals surface area contributed by atoms with Gasteiger partial charge in [0.2, 0.25) is 0 Å². The molecule has 0 amide bonds. The van der Waals surface area contributed by atoms with Crippen molar-refractivity contribution in [1.29, 1.82) is 0 Å². The third-order valence-corrected chi connectivity index (χ3v) is 7.73. The van der Waals surface area contributed by atoms with Crippen LogP contribution in [0.25, 0.3) is 21.5 Å². The molecule has 0 atom stereocenters. The first-order valence-corrected chi connectivity index (χ1v) is 13.7. The molecule has 3 N–H and O–H groups in total. The zero-order valence-electron chi connectivity index (χ0n) is 20.5. The topological polar surface area (TPSA) is 243 Å². The summed E-state index contributed by atoms with van der Waals surface area (Å²) < 4.78 is 104. The van der Waals surface area contributed by atoms with Gasteiger partial charge in [-0.1, -0.05) is 24.3 Å². The number of hydrogen-bond donors (Lipinski definition) is 2. The van der Waals surface area contributed by atoms with Crippen molar-refractivity contribution >= 4 is 69.0 Å². The smallest absolute Gasteiger partial charge is 0.744 e. The normalized spacial score (nSPS) is 12.1. The molecule has 0 bridgehead atoms.